The highest BCUT2D eigenvalue weighted by atomic mass is 79.9. The Kier molecular flexibility index (Phi) is 5.46. The van der Waals surface area contributed by atoms with E-state index in [0.717, 1.165) is 19.3 Å². The van der Waals surface area contributed by atoms with Gasteiger partial charge in [0.1, 0.15) is 10.3 Å². The molecule has 1 heterocycles. The molecular formula is C12H17BrN2O. The van der Waals surface area contributed by atoms with Crippen molar-refractivity contribution in [2.75, 3.05) is 0 Å². The van der Waals surface area contributed by atoms with Crippen LogP contribution in [0.5, 0.6) is 0 Å². The number of carbonyl (C=O) groups is 1. The predicted molar refractivity (Wildman–Crippen MR) is 68.4 cm³/mol. The number of hydrogen-bond donors (Lipinski definition) is 1. The average molecular weight is 285 g/mol. The molecule has 1 amide bonds. The Morgan fingerprint density at radius 3 is 2.81 bits per heavy atom. The van der Waals surface area contributed by atoms with Crippen LogP contribution in [0.15, 0.2) is 22.8 Å². The summed E-state index contributed by atoms with van der Waals surface area (Å²) in [6.45, 7) is 4.20. The zero-order valence-corrected chi connectivity index (χ0v) is 11.3. The number of halogens is 1. The molecule has 4 heteroatoms. The largest absolute Gasteiger partial charge is 0.348 e. The van der Waals surface area contributed by atoms with Gasteiger partial charge in [-0.2, -0.15) is 0 Å². The first kappa shape index (κ1) is 13.2. The minimum absolute atomic E-state index is 0.0957. The SMILES string of the molecule is CCCC(CC)NC(=O)c1cccc(Br)n1. The van der Waals surface area contributed by atoms with Gasteiger partial charge in [-0.15, -0.1) is 0 Å². The molecule has 0 saturated carbocycles. The average Bonchev–Trinajstić information content (AvgIpc) is 2.28. The maximum absolute atomic E-state index is 11.8. The second-order valence-electron chi connectivity index (χ2n) is 3.71. The molecular weight excluding hydrogens is 268 g/mol. The first-order valence-corrected chi connectivity index (χ1v) is 6.40. The third-order valence-corrected chi connectivity index (χ3v) is 2.85. The summed E-state index contributed by atoms with van der Waals surface area (Å²) < 4.78 is 0.684. The molecule has 1 aromatic rings. The van der Waals surface area contributed by atoms with Crippen molar-refractivity contribution in [3.8, 4) is 0 Å². The fourth-order valence-corrected chi connectivity index (χ4v) is 1.86. The lowest BCUT2D eigenvalue weighted by Crippen LogP contribution is -2.34. The van der Waals surface area contributed by atoms with Gasteiger partial charge in [0.05, 0.1) is 0 Å². The van der Waals surface area contributed by atoms with Crippen LogP contribution in [-0.2, 0) is 0 Å². The van der Waals surface area contributed by atoms with Crippen LogP contribution in [-0.4, -0.2) is 16.9 Å². The number of nitrogens with zero attached hydrogens (tertiary/aromatic N) is 1. The van der Waals surface area contributed by atoms with Crippen molar-refractivity contribution in [1.29, 1.82) is 0 Å². The smallest absolute Gasteiger partial charge is 0.270 e. The molecule has 88 valence electrons. The highest BCUT2D eigenvalue weighted by Gasteiger charge is 2.12. The molecule has 1 N–H and O–H groups in total. The molecule has 3 nitrogen and oxygen atoms in total. The van der Waals surface area contributed by atoms with Crippen molar-refractivity contribution in [3.63, 3.8) is 0 Å². The van der Waals surface area contributed by atoms with E-state index < -0.39 is 0 Å². The molecule has 0 aromatic carbocycles. The van der Waals surface area contributed by atoms with Crippen LogP contribution in [0.25, 0.3) is 0 Å². The van der Waals surface area contributed by atoms with Crippen molar-refractivity contribution in [1.82, 2.24) is 10.3 Å². The second-order valence-corrected chi connectivity index (χ2v) is 4.53. The molecule has 16 heavy (non-hydrogen) atoms. The molecule has 1 aromatic heterocycles. The van der Waals surface area contributed by atoms with E-state index in [2.05, 4.69) is 40.1 Å². The van der Waals surface area contributed by atoms with Crippen LogP contribution in [0.2, 0.25) is 0 Å². The predicted octanol–water partition coefficient (Wildman–Crippen LogP) is 3.15. The van der Waals surface area contributed by atoms with Crippen molar-refractivity contribution in [3.05, 3.63) is 28.5 Å². The van der Waals surface area contributed by atoms with Gasteiger partial charge in [-0.05, 0) is 40.9 Å². The van der Waals surface area contributed by atoms with Crippen molar-refractivity contribution in [2.24, 2.45) is 0 Å². The lowest BCUT2D eigenvalue weighted by molar-refractivity contribution is 0.0928. The number of carbonyl (C=O) groups excluding carboxylic acids is 1. The second kappa shape index (κ2) is 6.63. The summed E-state index contributed by atoms with van der Waals surface area (Å²) >= 11 is 3.25. The number of amides is 1. The fourth-order valence-electron chi connectivity index (χ4n) is 1.52. The van der Waals surface area contributed by atoms with Gasteiger partial charge in [-0.3, -0.25) is 4.79 Å². The van der Waals surface area contributed by atoms with E-state index in [4.69, 9.17) is 0 Å². The molecule has 0 spiro atoms. The van der Waals surface area contributed by atoms with Crippen LogP contribution < -0.4 is 5.32 Å². The van der Waals surface area contributed by atoms with Crippen molar-refractivity contribution >= 4 is 21.8 Å². The molecule has 0 aliphatic carbocycles. The van der Waals surface area contributed by atoms with E-state index in [1.165, 1.54) is 0 Å². The molecule has 0 aliphatic heterocycles. The zero-order valence-electron chi connectivity index (χ0n) is 9.66. The third-order valence-electron chi connectivity index (χ3n) is 2.41. The molecule has 0 aliphatic rings. The van der Waals surface area contributed by atoms with Gasteiger partial charge in [0, 0.05) is 6.04 Å². The molecule has 1 unspecified atom stereocenters. The van der Waals surface area contributed by atoms with E-state index in [0.29, 0.717) is 10.3 Å². The number of nitrogens with one attached hydrogen (secondary N) is 1. The minimum atomic E-state index is -0.0957. The summed E-state index contributed by atoms with van der Waals surface area (Å²) in [4.78, 5) is 16.0. The van der Waals surface area contributed by atoms with Crippen LogP contribution in [0.3, 0.4) is 0 Å². The van der Waals surface area contributed by atoms with Gasteiger partial charge in [0.15, 0.2) is 0 Å². The summed E-state index contributed by atoms with van der Waals surface area (Å²) in [6.07, 6.45) is 3.04. The fraction of sp³-hybridized carbons (Fsp3) is 0.500. The molecule has 0 saturated heterocycles. The van der Waals surface area contributed by atoms with E-state index >= 15 is 0 Å². The molecule has 1 rings (SSSR count). The van der Waals surface area contributed by atoms with Crippen LogP contribution in [0, 0.1) is 0 Å². The van der Waals surface area contributed by atoms with Crippen LogP contribution in [0.1, 0.15) is 43.6 Å². The van der Waals surface area contributed by atoms with Gasteiger partial charge < -0.3 is 5.32 Å². The Morgan fingerprint density at radius 1 is 1.50 bits per heavy atom. The number of rotatable bonds is 5. The molecule has 0 bridgehead atoms. The quantitative estimate of drug-likeness (QED) is 0.844. The first-order chi connectivity index (χ1) is 7.67. The normalized spacial score (nSPS) is 12.2. The Hall–Kier alpha value is -0.900. The van der Waals surface area contributed by atoms with Crippen molar-refractivity contribution < 1.29 is 4.79 Å². The maximum atomic E-state index is 11.8. The maximum Gasteiger partial charge on any atom is 0.270 e. The molecule has 0 fully saturated rings. The lowest BCUT2D eigenvalue weighted by Gasteiger charge is -2.15. The molecule has 0 radical (unpaired) electrons. The van der Waals surface area contributed by atoms with Crippen molar-refractivity contribution in [2.45, 2.75) is 39.2 Å². The standard InChI is InChI=1S/C12H17BrN2O/c1-3-6-9(4-2)14-12(16)10-7-5-8-11(13)15-10/h5,7-9H,3-4,6H2,1-2H3,(H,14,16). The summed E-state index contributed by atoms with van der Waals surface area (Å²) in [5.41, 5.74) is 0.462. The number of hydrogen-bond acceptors (Lipinski definition) is 2. The Balaban J connectivity index is 2.64. The van der Waals surface area contributed by atoms with Gasteiger partial charge in [0.25, 0.3) is 5.91 Å². The minimum Gasteiger partial charge on any atom is -0.348 e. The van der Waals surface area contributed by atoms with E-state index in [9.17, 15) is 4.79 Å². The van der Waals surface area contributed by atoms with E-state index in [1.54, 1.807) is 12.1 Å². The Morgan fingerprint density at radius 2 is 2.25 bits per heavy atom. The van der Waals surface area contributed by atoms with Gasteiger partial charge in [0.2, 0.25) is 0 Å². The third kappa shape index (κ3) is 3.93. The highest BCUT2D eigenvalue weighted by molar-refractivity contribution is 9.10. The zero-order chi connectivity index (χ0) is 12.0. The van der Waals surface area contributed by atoms with E-state index in [-0.39, 0.29) is 11.9 Å². The van der Waals surface area contributed by atoms with Gasteiger partial charge >= 0.3 is 0 Å². The topological polar surface area (TPSA) is 42.0 Å². The summed E-state index contributed by atoms with van der Waals surface area (Å²) in [5.74, 6) is -0.0957. The number of pyridine rings is 1. The monoisotopic (exact) mass is 284 g/mol. The van der Waals surface area contributed by atoms with Gasteiger partial charge in [-0.1, -0.05) is 26.3 Å². The summed E-state index contributed by atoms with van der Waals surface area (Å²) in [7, 11) is 0. The Bertz CT molecular complexity index is 355. The van der Waals surface area contributed by atoms with Gasteiger partial charge in [-0.25, -0.2) is 4.98 Å². The van der Waals surface area contributed by atoms with Crippen LogP contribution in [0.4, 0.5) is 0 Å². The summed E-state index contributed by atoms with van der Waals surface area (Å²) in [6, 6.07) is 5.59. The Labute approximate surface area is 105 Å². The highest BCUT2D eigenvalue weighted by Crippen LogP contribution is 2.07. The van der Waals surface area contributed by atoms with Crippen LogP contribution >= 0.6 is 15.9 Å². The lowest BCUT2D eigenvalue weighted by atomic mass is 10.1. The first-order valence-electron chi connectivity index (χ1n) is 5.60. The number of aromatic nitrogens is 1. The summed E-state index contributed by atoms with van der Waals surface area (Å²) in [5, 5.41) is 2.99. The van der Waals surface area contributed by atoms with E-state index in [1.807, 2.05) is 6.07 Å². The molecule has 1 atom stereocenters.